The molecule has 1 fully saturated rings. The molecule has 2 aromatic carbocycles. The molecule has 3 aromatic rings. The van der Waals surface area contributed by atoms with Crippen molar-refractivity contribution in [2.45, 2.75) is 50.5 Å². The van der Waals surface area contributed by atoms with Gasteiger partial charge in [0.25, 0.3) is 0 Å². The SMILES string of the molecule is COc1cccc(CN(Cc2n[nH]nc2-c2ccccc2)CC2CCCO2)c1OC.O=C(O)CC(O)(CC(=O)O)C(=O)O. The van der Waals surface area contributed by atoms with Crippen LogP contribution in [-0.4, -0.2) is 97.7 Å². The number of aromatic nitrogens is 3. The second-order valence-corrected chi connectivity index (χ2v) is 9.92. The number of nitrogens with zero attached hydrogens (tertiary/aromatic N) is 3. The summed E-state index contributed by atoms with van der Waals surface area (Å²) in [4.78, 5) is 32.8. The monoisotopic (exact) mass is 600 g/mol. The first-order chi connectivity index (χ1) is 20.6. The Morgan fingerprint density at radius 3 is 2.23 bits per heavy atom. The average molecular weight is 601 g/mol. The standard InChI is InChI=1S/C23H28N4O3.C6H8O7/c1-28-21-12-6-10-18(23(21)29-2)14-27(15-19-11-7-13-30-19)16-20-22(25-26-24-20)17-8-4-3-5-9-17;7-3(8)1-6(13,5(11)12)2-4(9)10/h3-6,8-10,12,19H,7,11,13-16H2,1-2H3,(H,24,25,26);13H,1-2H2,(H,7,8)(H,9,10)(H,11,12). The zero-order valence-corrected chi connectivity index (χ0v) is 23.9. The van der Waals surface area contributed by atoms with Crippen molar-refractivity contribution in [3.63, 3.8) is 0 Å². The molecule has 0 saturated carbocycles. The molecule has 14 heteroatoms. The Balaban J connectivity index is 0.000000331. The van der Waals surface area contributed by atoms with Gasteiger partial charge in [0.1, 0.15) is 11.4 Å². The van der Waals surface area contributed by atoms with Crippen molar-refractivity contribution < 1.29 is 49.0 Å². The van der Waals surface area contributed by atoms with E-state index in [0.717, 1.165) is 60.0 Å². The lowest BCUT2D eigenvalue weighted by molar-refractivity contribution is -0.170. The number of carbonyl (C=O) groups is 3. The van der Waals surface area contributed by atoms with E-state index in [1.807, 2.05) is 30.3 Å². The summed E-state index contributed by atoms with van der Waals surface area (Å²) in [5.74, 6) is -3.52. The first-order valence-corrected chi connectivity index (χ1v) is 13.4. The number of aliphatic carboxylic acids is 3. The number of hydrogen-bond acceptors (Lipinski definition) is 10. The molecule has 43 heavy (non-hydrogen) atoms. The number of aromatic amines is 1. The number of rotatable bonds is 14. The van der Waals surface area contributed by atoms with Crippen molar-refractivity contribution in [2.24, 2.45) is 0 Å². The molecule has 0 radical (unpaired) electrons. The Kier molecular flexibility index (Phi) is 12.0. The van der Waals surface area contributed by atoms with Gasteiger partial charge in [-0.3, -0.25) is 14.5 Å². The van der Waals surface area contributed by atoms with Crippen LogP contribution in [0.4, 0.5) is 0 Å². The third-order valence-corrected chi connectivity index (χ3v) is 6.69. The first kappa shape index (κ1) is 33.0. The van der Waals surface area contributed by atoms with Gasteiger partial charge in [-0.15, -0.1) is 0 Å². The van der Waals surface area contributed by atoms with E-state index in [0.29, 0.717) is 13.1 Å². The van der Waals surface area contributed by atoms with Crippen LogP contribution in [0.2, 0.25) is 0 Å². The smallest absolute Gasteiger partial charge is 0.336 e. The highest BCUT2D eigenvalue weighted by Gasteiger charge is 2.40. The van der Waals surface area contributed by atoms with E-state index in [1.165, 1.54) is 0 Å². The minimum Gasteiger partial charge on any atom is -0.493 e. The lowest BCUT2D eigenvalue weighted by Gasteiger charge is -2.26. The van der Waals surface area contributed by atoms with E-state index in [9.17, 15) is 14.4 Å². The highest BCUT2D eigenvalue weighted by molar-refractivity contribution is 5.88. The summed E-state index contributed by atoms with van der Waals surface area (Å²) >= 11 is 0. The number of benzene rings is 2. The molecule has 1 aromatic heterocycles. The summed E-state index contributed by atoms with van der Waals surface area (Å²) < 4.78 is 17.0. The molecule has 1 unspecified atom stereocenters. The summed E-state index contributed by atoms with van der Waals surface area (Å²) in [6.45, 7) is 3.00. The average Bonchev–Trinajstić information content (AvgIpc) is 3.65. The molecular formula is C29H36N4O10. The molecule has 0 aliphatic carbocycles. The van der Waals surface area contributed by atoms with Crippen LogP contribution in [0.1, 0.15) is 36.9 Å². The Hall–Kier alpha value is -4.53. The number of aliphatic hydroxyl groups is 1. The van der Waals surface area contributed by atoms with Crippen molar-refractivity contribution in [3.8, 4) is 22.8 Å². The van der Waals surface area contributed by atoms with Crippen LogP contribution in [0.3, 0.4) is 0 Å². The molecule has 232 valence electrons. The van der Waals surface area contributed by atoms with Crippen LogP contribution < -0.4 is 9.47 Å². The predicted octanol–water partition coefficient (Wildman–Crippen LogP) is 2.42. The van der Waals surface area contributed by atoms with E-state index in [1.54, 1.807) is 14.2 Å². The number of methoxy groups -OCH3 is 2. The van der Waals surface area contributed by atoms with Gasteiger partial charge in [-0.1, -0.05) is 42.5 Å². The quantitative estimate of drug-likeness (QED) is 0.181. The third kappa shape index (κ3) is 9.49. The highest BCUT2D eigenvalue weighted by atomic mass is 16.5. The summed E-state index contributed by atoms with van der Waals surface area (Å²) in [5, 5.41) is 45.5. The van der Waals surface area contributed by atoms with Crippen molar-refractivity contribution in [3.05, 3.63) is 59.8 Å². The number of nitrogens with one attached hydrogen (secondary N) is 1. The molecule has 0 amide bonds. The molecule has 1 saturated heterocycles. The van der Waals surface area contributed by atoms with Crippen LogP contribution >= 0.6 is 0 Å². The topological polar surface area (TPSA) is 205 Å². The summed E-state index contributed by atoms with van der Waals surface area (Å²) in [6.07, 6.45) is 0.133. The summed E-state index contributed by atoms with van der Waals surface area (Å²) in [6, 6.07) is 16.1. The van der Waals surface area contributed by atoms with Crippen LogP contribution in [0.15, 0.2) is 48.5 Å². The fourth-order valence-corrected chi connectivity index (χ4v) is 4.70. The van der Waals surface area contributed by atoms with Crippen molar-refractivity contribution in [2.75, 3.05) is 27.4 Å². The lowest BCUT2D eigenvalue weighted by Crippen LogP contribution is -2.42. The second kappa shape index (κ2) is 15.6. The molecule has 1 aliphatic rings. The number of hydrogen-bond donors (Lipinski definition) is 5. The van der Waals surface area contributed by atoms with Gasteiger partial charge in [-0.2, -0.15) is 15.4 Å². The number of ether oxygens (including phenoxy) is 3. The minimum absolute atomic E-state index is 0.230. The van der Waals surface area contributed by atoms with Gasteiger partial charge in [0, 0.05) is 37.4 Å². The maximum Gasteiger partial charge on any atom is 0.336 e. The molecule has 1 aliphatic heterocycles. The fourth-order valence-electron chi connectivity index (χ4n) is 4.70. The van der Waals surface area contributed by atoms with Crippen molar-refractivity contribution in [1.29, 1.82) is 0 Å². The van der Waals surface area contributed by atoms with E-state index >= 15 is 0 Å². The van der Waals surface area contributed by atoms with Crippen LogP contribution in [0, 0.1) is 0 Å². The normalized spacial score (nSPS) is 14.6. The molecule has 2 heterocycles. The van der Waals surface area contributed by atoms with Gasteiger partial charge in [0.2, 0.25) is 0 Å². The van der Waals surface area contributed by atoms with Crippen LogP contribution in [0.5, 0.6) is 11.5 Å². The molecule has 0 spiro atoms. The maximum absolute atomic E-state index is 10.3. The van der Waals surface area contributed by atoms with E-state index in [4.69, 9.17) is 34.6 Å². The zero-order valence-electron chi connectivity index (χ0n) is 23.9. The molecule has 5 N–H and O–H groups in total. The maximum atomic E-state index is 10.3. The van der Waals surface area contributed by atoms with Crippen LogP contribution in [0.25, 0.3) is 11.3 Å². The van der Waals surface area contributed by atoms with Gasteiger partial charge in [0.15, 0.2) is 17.1 Å². The zero-order chi connectivity index (χ0) is 31.4. The van der Waals surface area contributed by atoms with Gasteiger partial charge < -0.3 is 34.6 Å². The lowest BCUT2D eigenvalue weighted by atomic mass is 9.96. The van der Waals surface area contributed by atoms with Gasteiger partial charge >= 0.3 is 17.9 Å². The number of H-pyrrole nitrogens is 1. The highest BCUT2D eigenvalue weighted by Crippen LogP contribution is 2.32. The van der Waals surface area contributed by atoms with Crippen molar-refractivity contribution in [1.82, 2.24) is 20.3 Å². The number of carboxylic acid groups (broad SMARTS) is 3. The number of para-hydroxylation sites is 1. The Morgan fingerprint density at radius 2 is 1.67 bits per heavy atom. The summed E-state index contributed by atoms with van der Waals surface area (Å²) in [7, 11) is 3.34. The molecule has 14 nitrogen and oxygen atoms in total. The van der Waals surface area contributed by atoms with Crippen molar-refractivity contribution >= 4 is 17.9 Å². The molecule has 4 rings (SSSR count). The van der Waals surface area contributed by atoms with Gasteiger partial charge in [-0.05, 0) is 18.9 Å². The van der Waals surface area contributed by atoms with Crippen LogP contribution in [-0.2, 0) is 32.2 Å². The second-order valence-electron chi connectivity index (χ2n) is 9.92. The molecule has 0 bridgehead atoms. The summed E-state index contributed by atoms with van der Waals surface area (Å²) in [5.41, 5.74) is 1.18. The minimum atomic E-state index is -2.74. The Bertz CT molecular complexity index is 1340. The van der Waals surface area contributed by atoms with Gasteiger partial charge in [0.05, 0.1) is 33.2 Å². The Morgan fingerprint density at radius 1 is 0.977 bits per heavy atom. The number of carboxylic acids is 3. The third-order valence-electron chi connectivity index (χ3n) is 6.69. The van der Waals surface area contributed by atoms with E-state index in [-0.39, 0.29) is 6.10 Å². The molecular weight excluding hydrogens is 564 g/mol. The Labute approximate surface area is 247 Å². The first-order valence-electron chi connectivity index (χ1n) is 13.4. The fraction of sp³-hybridized carbons (Fsp3) is 0.414. The van der Waals surface area contributed by atoms with Gasteiger partial charge in [-0.25, -0.2) is 4.79 Å². The predicted molar refractivity (Wildman–Crippen MR) is 152 cm³/mol. The van der Waals surface area contributed by atoms with E-state index in [2.05, 4.69) is 38.5 Å². The molecule has 1 atom stereocenters. The van der Waals surface area contributed by atoms with E-state index < -0.39 is 36.4 Å². The largest absolute Gasteiger partial charge is 0.493 e.